The number of unbranched alkanes of at least 4 members (excludes halogenated alkanes) is 2. The van der Waals surface area contributed by atoms with E-state index in [9.17, 15) is 0 Å². The molecule has 0 N–H and O–H groups in total. The van der Waals surface area contributed by atoms with E-state index in [0.29, 0.717) is 0 Å². The zero-order valence-electron chi connectivity index (χ0n) is 18.7. The highest BCUT2D eigenvalue weighted by atomic mass is 32.1. The van der Waals surface area contributed by atoms with Crippen molar-refractivity contribution < 1.29 is 0 Å². The summed E-state index contributed by atoms with van der Waals surface area (Å²) in [5, 5.41) is 0. The minimum atomic E-state index is 0.875. The van der Waals surface area contributed by atoms with Gasteiger partial charge >= 0.3 is 0 Å². The molecule has 3 heterocycles. The molecule has 0 aliphatic heterocycles. The Morgan fingerprint density at radius 3 is 2.17 bits per heavy atom. The van der Waals surface area contributed by atoms with Gasteiger partial charge in [0.25, 0.3) is 0 Å². The monoisotopic (exact) mass is 440 g/mol. The van der Waals surface area contributed by atoms with Crippen LogP contribution in [-0.2, 0) is 12.8 Å². The van der Waals surface area contributed by atoms with Crippen LogP contribution in [-0.4, -0.2) is 9.97 Å². The van der Waals surface area contributed by atoms with Crippen molar-refractivity contribution in [1.82, 2.24) is 9.97 Å². The van der Waals surface area contributed by atoms with E-state index in [2.05, 4.69) is 35.9 Å². The van der Waals surface area contributed by atoms with E-state index in [4.69, 9.17) is 0 Å². The molecule has 0 spiro atoms. The predicted molar refractivity (Wildman–Crippen MR) is 133 cm³/mol. The molecule has 4 rings (SSSR count). The molecule has 0 aromatic carbocycles. The summed E-state index contributed by atoms with van der Waals surface area (Å²) in [5.74, 6) is 2.86. The first kappa shape index (κ1) is 22.0. The van der Waals surface area contributed by atoms with E-state index in [1.807, 2.05) is 35.1 Å². The fraction of sp³-hybridized carbons (Fsp3) is 0.615. The van der Waals surface area contributed by atoms with Crippen molar-refractivity contribution in [3.63, 3.8) is 0 Å². The Balaban J connectivity index is 1.27. The molecule has 4 heteroatoms. The van der Waals surface area contributed by atoms with Gasteiger partial charge in [-0.15, -0.1) is 22.7 Å². The third-order valence-electron chi connectivity index (χ3n) is 6.70. The molecule has 1 aliphatic carbocycles. The molecule has 30 heavy (non-hydrogen) atoms. The number of rotatable bonds is 10. The molecule has 1 saturated carbocycles. The van der Waals surface area contributed by atoms with Gasteiger partial charge in [0.15, 0.2) is 5.82 Å². The van der Waals surface area contributed by atoms with Crippen LogP contribution >= 0.6 is 22.7 Å². The van der Waals surface area contributed by atoms with E-state index in [-0.39, 0.29) is 0 Å². The lowest BCUT2D eigenvalue weighted by Crippen LogP contribution is -2.15. The topological polar surface area (TPSA) is 25.8 Å². The van der Waals surface area contributed by atoms with E-state index in [0.717, 1.165) is 30.5 Å². The van der Waals surface area contributed by atoms with Gasteiger partial charge in [0, 0.05) is 26.7 Å². The molecule has 0 atom stereocenters. The van der Waals surface area contributed by atoms with Crippen LogP contribution in [0.15, 0.2) is 24.5 Å². The SMILES string of the molecule is CCCCCC1CCC(CCc2cc3sc(-c4ncc(CCC)cn4)cc3s2)CC1. The minimum Gasteiger partial charge on any atom is -0.236 e. The van der Waals surface area contributed by atoms with Gasteiger partial charge in [-0.3, -0.25) is 0 Å². The molecule has 0 amide bonds. The highest BCUT2D eigenvalue weighted by Crippen LogP contribution is 2.39. The van der Waals surface area contributed by atoms with Gasteiger partial charge in [0.1, 0.15) is 0 Å². The maximum Gasteiger partial charge on any atom is 0.169 e. The fourth-order valence-corrected chi connectivity index (χ4v) is 7.24. The van der Waals surface area contributed by atoms with Gasteiger partial charge in [-0.25, -0.2) is 9.97 Å². The van der Waals surface area contributed by atoms with E-state index in [1.165, 1.54) is 84.0 Å². The van der Waals surface area contributed by atoms with Gasteiger partial charge in [-0.2, -0.15) is 0 Å². The largest absolute Gasteiger partial charge is 0.236 e. The number of hydrogen-bond donors (Lipinski definition) is 0. The molecular formula is C26H36N2S2. The minimum absolute atomic E-state index is 0.875. The summed E-state index contributed by atoms with van der Waals surface area (Å²) in [6.07, 6.45) is 20.4. The second-order valence-corrected chi connectivity index (χ2v) is 11.4. The van der Waals surface area contributed by atoms with Gasteiger partial charge < -0.3 is 0 Å². The summed E-state index contributed by atoms with van der Waals surface area (Å²) < 4.78 is 2.82. The summed E-state index contributed by atoms with van der Waals surface area (Å²) in [7, 11) is 0. The van der Waals surface area contributed by atoms with Crippen LogP contribution in [0.5, 0.6) is 0 Å². The van der Waals surface area contributed by atoms with Crippen LogP contribution in [0.4, 0.5) is 0 Å². The zero-order valence-corrected chi connectivity index (χ0v) is 20.3. The van der Waals surface area contributed by atoms with Gasteiger partial charge in [-0.1, -0.05) is 71.6 Å². The maximum absolute atomic E-state index is 4.60. The lowest BCUT2D eigenvalue weighted by atomic mass is 9.78. The molecule has 3 aromatic heterocycles. The predicted octanol–water partition coefficient (Wildman–Crippen LogP) is 8.69. The number of aromatic nitrogens is 2. The number of aryl methyl sites for hydroxylation is 2. The Morgan fingerprint density at radius 1 is 0.800 bits per heavy atom. The van der Waals surface area contributed by atoms with Crippen LogP contribution in [0.3, 0.4) is 0 Å². The molecule has 3 aromatic rings. The zero-order chi connectivity index (χ0) is 20.8. The first-order valence-electron chi connectivity index (χ1n) is 12.1. The average molecular weight is 441 g/mol. The lowest BCUT2D eigenvalue weighted by molar-refractivity contribution is 0.249. The van der Waals surface area contributed by atoms with Crippen molar-refractivity contribution in [3.05, 3.63) is 35.0 Å². The molecule has 0 unspecified atom stereocenters. The van der Waals surface area contributed by atoms with E-state index >= 15 is 0 Å². The van der Waals surface area contributed by atoms with E-state index < -0.39 is 0 Å². The number of fused-ring (bicyclic) bond motifs is 1. The maximum atomic E-state index is 4.60. The summed E-state index contributed by atoms with van der Waals surface area (Å²) >= 11 is 3.83. The summed E-state index contributed by atoms with van der Waals surface area (Å²) in [6.45, 7) is 4.50. The third-order valence-corrected chi connectivity index (χ3v) is 9.05. The van der Waals surface area contributed by atoms with Crippen LogP contribution in [0.25, 0.3) is 20.1 Å². The van der Waals surface area contributed by atoms with Gasteiger partial charge in [0.2, 0.25) is 0 Å². The Labute approximate surface area is 190 Å². The van der Waals surface area contributed by atoms with Crippen molar-refractivity contribution in [2.24, 2.45) is 11.8 Å². The fourth-order valence-electron chi connectivity index (χ4n) is 4.86. The molecule has 0 radical (unpaired) electrons. The number of thiophene rings is 2. The average Bonchev–Trinajstić information content (AvgIpc) is 3.33. The second kappa shape index (κ2) is 10.9. The number of nitrogens with zero attached hydrogens (tertiary/aromatic N) is 2. The van der Waals surface area contributed by atoms with Gasteiger partial charge in [0.05, 0.1) is 4.88 Å². The molecule has 1 fully saturated rings. The molecule has 0 saturated heterocycles. The Kier molecular flexibility index (Phi) is 7.95. The lowest BCUT2D eigenvalue weighted by Gasteiger charge is -2.28. The number of hydrogen-bond acceptors (Lipinski definition) is 4. The van der Waals surface area contributed by atoms with Gasteiger partial charge in [-0.05, 0) is 48.8 Å². The van der Waals surface area contributed by atoms with E-state index in [1.54, 1.807) is 4.88 Å². The van der Waals surface area contributed by atoms with Crippen LogP contribution in [0.1, 0.15) is 88.5 Å². The third kappa shape index (κ3) is 5.70. The summed E-state index contributed by atoms with van der Waals surface area (Å²) in [5.41, 5.74) is 1.23. The van der Waals surface area contributed by atoms with Crippen molar-refractivity contribution in [2.75, 3.05) is 0 Å². The molecule has 0 bridgehead atoms. The quantitative estimate of drug-likeness (QED) is 0.295. The van der Waals surface area contributed by atoms with Crippen LogP contribution in [0, 0.1) is 11.8 Å². The Hall–Kier alpha value is -1.26. The normalized spacial score (nSPS) is 19.5. The second-order valence-electron chi connectivity index (χ2n) is 9.14. The van der Waals surface area contributed by atoms with Crippen LogP contribution < -0.4 is 0 Å². The standard InChI is InChI=1S/C26H36N2S2/c1-3-5-6-8-19-9-11-20(12-10-19)13-14-22-15-23-24(29-22)16-25(30-23)26-27-17-21(7-4-2)18-28-26/h15-20H,3-14H2,1-2H3. The van der Waals surface area contributed by atoms with Crippen molar-refractivity contribution in [1.29, 1.82) is 0 Å². The highest BCUT2D eigenvalue weighted by molar-refractivity contribution is 7.29. The highest BCUT2D eigenvalue weighted by Gasteiger charge is 2.21. The van der Waals surface area contributed by atoms with Crippen LogP contribution in [0.2, 0.25) is 0 Å². The Morgan fingerprint density at radius 2 is 1.50 bits per heavy atom. The molecule has 1 aliphatic rings. The smallest absolute Gasteiger partial charge is 0.169 e. The molecule has 162 valence electrons. The molecule has 2 nitrogen and oxygen atoms in total. The van der Waals surface area contributed by atoms with Crippen molar-refractivity contribution in [2.45, 2.75) is 90.9 Å². The first-order valence-corrected chi connectivity index (χ1v) is 13.7. The first-order chi connectivity index (χ1) is 14.7. The van der Waals surface area contributed by atoms with Crippen molar-refractivity contribution >= 4 is 32.1 Å². The van der Waals surface area contributed by atoms with Crippen molar-refractivity contribution in [3.8, 4) is 10.7 Å². The summed E-state index contributed by atoms with van der Waals surface area (Å²) in [4.78, 5) is 12.0. The summed E-state index contributed by atoms with van der Waals surface area (Å²) in [6, 6.07) is 4.72. The molecular weight excluding hydrogens is 404 g/mol. The Bertz CT molecular complexity index is 869.